The van der Waals surface area contributed by atoms with Crippen LogP contribution in [0.3, 0.4) is 0 Å². The molecule has 9 nitrogen and oxygen atoms in total. The average molecular weight is 523 g/mol. The number of nitrogens with one attached hydrogen (secondary N) is 3. The van der Waals surface area contributed by atoms with Crippen molar-refractivity contribution in [3.05, 3.63) is 59.4 Å². The molecule has 3 N–H and O–H groups in total. The topological polar surface area (TPSA) is 89.2 Å². The van der Waals surface area contributed by atoms with E-state index in [1.807, 2.05) is 30.1 Å². The van der Waals surface area contributed by atoms with Gasteiger partial charge in [-0.25, -0.2) is 14.1 Å². The number of nitrogens with zero attached hydrogens (tertiary/aromatic N) is 3. The number of amides is 3. The molecule has 3 amide bonds. The maximum atomic E-state index is 13.7. The molecule has 4 atom stereocenters. The summed E-state index contributed by atoms with van der Waals surface area (Å²) in [6, 6.07) is 12.2. The van der Waals surface area contributed by atoms with Crippen molar-refractivity contribution in [2.24, 2.45) is 5.92 Å². The molecule has 38 heavy (non-hydrogen) atoms. The first-order valence-corrected chi connectivity index (χ1v) is 13.4. The van der Waals surface area contributed by atoms with Crippen molar-refractivity contribution in [3.63, 3.8) is 0 Å². The summed E-state index contributed by atoms with van der Waals surface area (Å²) in [5.41, 5.74) is 3.35. The molecule has 4 fully saturated rings. The molecule has 202 valence electrons. The highest BCUT2D eigenvalue weighted by Crippen LogP contribution is 2.51. The van der Waals surface area contributed by atoms with Crippen molar-refractivity contribution in [3.8, 4) is 0 Å². The first-order valence-electron chi connectivity index (χ1n) is 13.4. The number of halogens is 1. The van der Waals surface area contributed by atoms with Crippen LogP contribution in [0.25, 0.3) is 0 Å². The Balaban J connectivity index is 1.21. The Morgan fingerprint density at radius 2 is 2.00 bits per heavy atom. The van der Waals surface area contributed by atoms with Crippen LogP contribution in [0.5, 0.6) is 0 Å². The molecule has 4 heterocycles. The van der Waals surface area contributed by atoms with E-state index in [9.17, 15) is 14.0 Å². The number of hydrogen-bond acceptors (Lipinski definition) is 6. The molecular weight excluding hydrogens is 487 g/mol. The molecule has 3 unspecified atom stereocenters. The summed E-state index contributed by atoms with van der Waals surface area (Å²) in [5, 5.41) is 9.10. The van der Waals surface area contributed by atoms with E-state index < -0.39 is 5.54 Å². The third-order valence-corrected chi connectivity index (χ3v) is 8.58. The number of hydrogen-bond donors (Lipinski definition) is 3. The lowest BCUT2D eigenvalue weighted by Crippen LogP contribution is -2.60. The van der Waals surface area contributed by atoms with Crippen molar-refractivity contribution >= 4 is 23.3 Å². The Hall–Kier alpha value is -3.21. The van der Waals surface area contributed by atoms with Crippen molar-refractivity contribution in [2.45, 2.75) is 56.9 Å². The van der Waals surface area contributed by atoms with Gasteiger partial charge in [0.25, 0.3) is 0 Å². The number of benzene rings is 2. The molecule has 2 aromatic carbocycles. The second-order valence-corrected chi connectivity index (χ2v) is 11.0. The van der Waals surface area contributed by atoms with Gasteiger partial charge >= 0.3 is 6.03 Å². The van der Waals surface area contributed by atoms with Crippen molar-refractivity contribution < 1.29 is 18.7 Å². The summed E-state index contributed by atoms with van der Waals surface area (Å²) in [6.07, 6.45) is 2.52. The summed E-state index contributed by atoms with van der Waals surface area (Å²) in [7, 11) is 3.63. The first kappa shape index (κ1) is 25.1. The zero-order valence-corrected chi connectivity index (χ0v) is 22.0. The second kappa shape index (κ2) is 9.52. The molecule has 0 aromatic heterocycles. The quantitative estimate of drug-likeness (QED) is 0.518. The molecule has 1 saturated carbocycles. The minimum Gasteiger partial charge on any atom is -0.374 e. The Bertz CT molecular complexity index is 1240. The molecule has 1 aliphatic carbocycles. The van der Waals surface area contributed by atoms with Crippen LogP contribution in [0.1, 0.15) is 37.3 Å². The third-order valence-electron chi connectivity index (χ3n) is 8.58. The number of carbonyl (C=O) groups excluding carboxylic acids is 2. The van der Waals surface area contributed by atoms with Gasteiger partial charge in [-0.2, -0.15) is 0 Å². The summed E-state index contributed by atoms with van der Waals surface area (Å²) in [6.45, 7) is 3.66. The van der Waals surface area contributed by atoms with E-state index in [1.54, 1.807) is 19.2 Å². The number of fused-ring (bicyclic) bond motifs is 1. The monoisotopic (exact) mass is 522 g/mol. The minimum atomic E-state index is -0.428. The SMILES string of the molecule is CNC(=O)Nc1ccc2c(c1)N(C)CCC21NC2OC1N2CC(=O)N(Cc1ccc(F)cc1)[C@@H](C)C1CC1. The fourth-order valence-electron chi connectivity index (χ4n) is 6.14. The van der Waals surface area contributed by atoms with Crippen LogP contribution >= 0.6 is 0 Å². The van der Waals surface area contributed by atoms with Crippen LogP contribution in [-0.2, 0) is 21.6 Å². The molecule has 2 aromatic rings. The number of rotatable bonds is 7. The zero-order chi connectivity index (χ0) is 26.6. The Morgan fingerprint density at radius 1 is 1.24 bits per heavy atom. The highest BCUT2D eigenvalue weighted by molar-refractivity contribution is 5.90. The molecule has 1 spiro atoms. The number of urea groups is 1. The minimum absolute atomic E-state index is 0.0594. The third kappa shape index (κ3) is 4.30. The van der Waals surface area contributed by atoms with Gasteiger partial charge < -0.3 is 25.2 Å². The summed E-state index contributed by atoms with van der Waals surface area (Å²) in [4.78, 5) is 31.8. The van der Waals surface area contributed by atoms with E-state index in [0.717, 1.165) is 48.3 Å². The standard InChI is InChI=1S/C28H35FN6O3/c1-17(19-6-7-19)34(15-18-4-8-20(29)9-5-18)24(36)16-35-25-28(32-27(35)38-25)12-13-33(3)23-14-21(10-11-22(23)28)31-26(37)30-2/h4-5,8-11,14,17,19,25,27,32H,6-7,12-13,15-16H2,1-3H3,(H2,30,31,37)/t17-,25?,27?,28?/m0/s1. The summed E-state index contributed by atoms with van der Waals surface area (Å²) in [5.74, 6) is 0.304. The average Bonchev–Trinajstić information content (AvgIpc) is 3.64. The van der Waals surface area contributed by atoms with Crippen LogP contribution < -0.4 is 20.9 Å². The molecule has 0 radical (unpaired) electrons. The number of carbonyl (C=O) groups is 2. The van der Waals surface area contributed by atoms with E-state index in [2.05, 4.69) is 32.7 Å². The van der Waals surface area contributed by atoms with Crippen LogP contribution in [0, 0.1) is 11.7 Å². The van der Waals surface area contributed by atoms with Gasteiger partial charge in [0.15, 0.2) is 6.35 Å². The molecule has 2 bridgehead atoms. The normalized spacial score (nSPS) is 26.5. The van der Waals surface area contributed by atoms with Gasteiger partial charge in [-0.3, -0.25) is 10.1 Å². The van der Waals surface area contributed by atoms with Gasteiger partial charge in [-0.05, 0) is 67.5 Å². The van der Waals surface area contributed by atoms with Crippen molar-refractivity contribution in [2.75, 3.05) is 37.4 Å². The maximum Gasteiger partial charge on any atom is 0.318 e. The zero-order valence-electron chi connectivity index (χ0n) is 22.0. The van der Waals surface area contributed by atoms with Gasteiger partial charge in [0, 0.05) is 44.6 Å². The largest absolute Gasteiger partial charge is 0.374 e. The van der Waals surface area contributed by atoms with Gasteiger partial charge in [0.1, 0.15) is 12.0 Å². The van der Waals surface area contributed by atoms with Gasteiger partial charge in [-0.1, -0.05) is 18.2 Å². The Kier molecular flexibility index (Phi) is 6.28. The molecule has 5 aliphatic rings. The van der Waals surface area contributed by atoms with Gasteiger partial charge in [0.05, 0.1) is 12.1 Å². The lowest BCUT2D eigenvalue weighted by molar-refractivity contribution is -0.249. The summed E-state index contributed by atoms with van der Waals surface area (Å²) >= 11 is 0. The predicted molar refractivity (Wildman–Crippen MR) is 142 cm³/mol. The maximum absolute atomic E-state index is 13.7. The van der Waals surface area contributed by atoms with E-state index in [1.165, 1.54) is 12.1 Å². The van der Waals surface area contributed by atoms with Crippen LogP contribution in [-0.4, -0.2) is 67.5 Å². The van der Waals surface area contributed by atoms with Gasteiger partial charge in [-0.15, -0.1) is 0 Å². The molecule has 10 heteroatoms. The fourth-order valence-corrected chi connectivity index (χ4v) is 6.14. The Morgan fingerprint density at radius 3 is 2.71 bits per heavy atom. The van der Waals surface area contributed by atoms with Crippen molar-refractivity contribution in [1.29, 1.82) is 0 Å². The summed E-state index contributed by atoms with van der Waals surface area (Å²) < 4.78 is 19.7. The predicted octanol–water partition coefficient (Wildman–Crippen LogP) is 2.98. The smallest absolute Gasteiger partial charge is 0.318 e. The molecular formula is C28H35FN6O3. The number of anilines is 2. The van der Waals surface area contributed by atoms with E-state index in [-0.39, 0.29) is 42.9 Å². The lowest BCUT2D eigenvalue weighted by atomic mass is 9.81. The van der Waals surface area contributed by atoms with E-state index >= 15 is 0 Å². The Labute approximate surface area is 222 Å². The first-order chi connectivity index (χ1) is 18.3. The van der Waals surface area contributed by atoms with Crippen LogP contribution in [0.4, 0.5) is 20.6 Å². The lowest BCUT2D eigenvalue weighted by Gasteiger charge is -2.46. The molecule has 3 saturated heterocycles. The van der Waals surface area contributed by atoms with Crippen LogP contribution in [0.2, 0.25) is 0 Å². The van der Waals surface area contributed by atoms with Crippen molar-refractivity contribution in [1.82, 2.24) is 20.4 Å². The van der Waals surface area contributed by atoms with E-state index in [0.29, 0.717) is 12.5 Å². The second-order valence-electron chi connectivity index (χ2n) is 11.0. The van der Waals surface area contributed by atoms with Gasteiger partial charge in [0.2, 0.25) is 5.91 Å². The van der Waals surface area contributed by atoms with Crippen LogP contribution in [0.15, 0.2) is 42.5 Å². The molecule has 7 rings (SSSR count). The highest BCUT2D eigenvalue weighted by Gasteiger charge is 2.64. The molecule has 4 aliphatic heterocycles. The highest BCUT2D eigenvalue weighted by atomic mass is 19.1. The fraction of sp³-hybridized carbons (Fsp3) is 0.500. The van der Waals surface area contributed by atoms with E-state index in [4.69, 9.17) is 4.74 Å². The number of ether oxygens (including phenoxy) is 1.